The number of aromatic nitrogens is 3. The molecule has 0 saturated carbocycles. The first kappa shape index (κ1) is 28.3. The lowest BCUT2D eigenvalue weighted by atomic mass is 10.0. The number of nitrogen functional groups attached to an aromatic ring is 2. The van der Waals surface area contributed by atoms with E-state index in [1.165, 1.54) is 23.6 Å². The van der Waals surface area contributed by atoms with Crippen LogP contribution in [0.15, 0.2) is 28.7 Å². The molecule has 0 spiro atoms. The zero-order valence-corrected chi connectivity index (χ0v) is 22.7. The highest BCUT2D eigenvalue weighted by molar-refractivity contribution is 8.00. The van der Waals surface area contributed by atoms with Crippen LogP contribution in [0.25, 0.3) is 0 Å². The molecule has 0 radical (unpaired) electrons. The average molecular weight is 600 g/mol. The van der Waals surface area contributed by atoms with Crippen LogP contribution in [0.4, 0.5) is 10.9 Å². The number of carboxylic acids is 1. The summed E-state index contributed by atoms with van der Waals surface area (Å²) in [5, 5.41) is 24.0. The van der Waals surface area contributed by atoms with E-state index in [0.29, 0.717) is 23.4 Å². The Balaban J connectivity index is 1.54. The maximum Gasteiger partial charge on any atom is 0.347 e. The van der Waals surface area contributed by atoms with Crippen LogP contribution >= 0.6 is 34.7 Å². The summed E-state index contributed by atoms with van der Waals surface area (Å²) in [6.45, 7) is 1.59. The standard InChI is InChI=1S/C21H23ClN8O7S2/c1-9(20(35)36)37-27-14(13-16(22)39-21(24)26-13)17(33)25-15-18(34)30-11(7-32)10(8-38-19(15)30)6-28-3-2-12(23)29(28)4-5-31/h2-3,7,9,15,19,23,31H,4-6,8H2,1H3,(H4,24,25,26,33,35,36)/p+1/b27-14-/t9-,15?,19?/m0/s1. The van der Waals surface area contributed by atoms with Crippen LogP contribution in [0.5, 0.6) is 0 Å². The highest BCUT2D eigenvalue weighted by atomic mass is 35.5. The van der Waals surface area contributed by atoms with Gasteiger partial charge in [-0.3, -0.25) is 19.3 Å². The van der Waals surface area contributed by atoms with Crippen molar-refractivity contribution in [1.29, 1.82) is 0 Å². The van der Waals surface area contributed by atoms with Gasteiger partial charge in [0.2, 0.25) is 6.10 Å². The third-order valence-corrected chi connectivity index (χ3v) is 8.30. The molecule has 2 unspecified atom stereocenters. The van der Waals surface area contributed by atoms with Crippen LogP contribution in [-0.2, 0) is 37.1 Å². The number of aliphatic hydroxyl groups excluding tert-OH is 1. The molecule has 4 rings (SSSR count). The molecule has 4 heterocycles. The number of nitrogens with two attached hydrogens (primary N) is 2. The highest BCUT2D eigenvalue weighted by Gasteiger charge is 2.53. The number of nitrogens with one attached hydrogen (secondary N) is 1. The Morgan fingerprint density at radius 3 is 2.82 bits per heavy atom. The molecule has 0 aliphatic carbocycles. The van der Waals surface area contributed by atoms with Crippen molar-refractivity contribution in [3.8, 4) is 0 Å². The summed E-state index contributed by atoms with van der Waals surface area (Å²) in [5.74, 6) is -1.94. The second-order valence-corrected chi connectivity index (χ2v) is 11.1. The van der Waals surface area contributed by atoms with E-state index < -0.39 is 41.0 Å². The normalized spacial score (nSPS) is 19.8. The van der Waals surface area contributed by atoms with Crippen LogP contribution in [0.3, 0.4) is 0 Å². The summed E-state index contributed by atoms with van der Waals surface area (Å²) in [6, 6.07) is 0.649. The fourth-order valence-corrected chi connectivity index (χ4v) is 6.21. The summed E-state index contributed by atoms with van der Waals surface area (Å²) < 4.78 is 3.40. The molecule has 39 heavy (non-hydrogen) atoms. The van der Waals surface area contributed by atoms with Gasteiger partial charge in [-0.1, -0.05) is 28.1 Å². The zero-order valence-electron chi connectivity index (χ0n) is 20.3. The Labute approximate surface area is 234 Å². The molecular formula is C21H24ClN8O7S2+. The molecule has 3 atom stereocenters. The maximum absolute atomic E-state index is 13.2. The van der Waals surface area contributed by atoms with E-state index in [2.05, 4.69) is 15.5 Å². The highest BCUT2D eigenvalue weighted by Crippen LogP contribution is 2.39. The van der Waals surface area contributed by atoms with Crippen LogP contribution in [0, 0.1) is 0 Å². The number of nitrogens with zero attached hydrogens (tertiary/aromatic N) is 5. The Morgan fingerprint density at radius 2 is 2.21 bits per heavy atom. The van der Waals surface area contributed by atoms with Crippen LogP contribution in [-0.4, -0.2) is 84.4 Å². The molecule has 2 aromatic rings. The van der Waals surface area contributed by atoms with Gasteiger partial charge in [0.25, 0.3) is 11.8 Å². The van der Waals surface area contributed by atoms with Gasteiger partial charge < -0.3 is 31.8 Å². The SMILES string of the molecule is C[C@H](O/N=C(\C(=O)NC1C(=O)N2C(C=O)=C(C[n+]3ccc(N)n3CCO)CSC12)c1nc(N)sc1Cl)C(=O)O. The Kier molecular flexibility index (Phi) is 8.43. The number of anilines is 2. The molecule has 1 saturated heterocycles. The minimum atomic E-state index is -1.39. The average Bonchev–Trinajstić information content (AvgIpc) is 3.42. The number of carbonyl (C=O) groups excluding carboxylic acids is 3. The number of aldehydes is 1. The first-order chi connectivity index (χ1) is 18.6. The lowest BCUT2D eigenvalue weighted by Gasteiger charge is -2.49. The molecule has 1 fully saturated rings. The number of hydrogen-bond donors (Lipinski definition) is 5. The molecule has 18 heteroatoms. The number of thiazole rings is 1. The molecule has 2 amide bonds. The molecule has 2 aliphatic heterocycles. The Hall–Kier alpha value is -3.67. The molecule has 7 N–H and O–H groups in total. The second kappa shape index (κ2) is 11.6. The van der Waals surface area contributed by atoms with E-state index in [1.54, 1.807) is 21.6 Å². The molecule has 2 aromatic heterocycles. The van der Waals surface area contributed by atoms with Crippen molar-refractivity contribution in [3.63, 3.8) is 0 Å². The van der Waals surface area contributed by atoms with Crippen molar-refractivity contribution < 1.29 is 38.9 Å². The maximum atomic E-state index is 13.2. The molecular weight excluding hydrogens is 576 g/mol. The number of rotatable bonds is 11. The van der Waals surface area contributed by atoms with Crippen molar-refractivity contribution in [2.75, 3.05) is 23.8 Å². The first-order valence-corrected chi connectivity index (χ1v) is 13.6. The third kappa shape index (κ3) is 5.56. The number of thioether (sulfide) groups is 1. The zero-order chi connectivity index (χ0) is 28.4. The smallest absolute Gasteiger partial charge is 0.347 e. The summed E-state index contributed by atoms with van der Waals surface area (Å²) in [4.78, 5) is 59.6. The number of fused-ring (bicyclic) bond motifs is 1. The minimum Gasteiger partial charge on any atom is -0.478 e. The van der Waals surface area contributed by atoms with Gasteiger partial charge in [-0.15, -0.1) is 21.1 Å². The van der Waals surface area contributed by atoms with E-state index in [1.807, 2.05) is 0 Å². The quantitative estimate of drug-likeness (QED) is 0.0678. The second-order valence-electron chi connectivity index (χ2n) is 8.35. The number of hydrogen-bond acceptors (Lipinski definition) is 12. The number of carbonyl (C=O) groups is 4. The van der Waals surface area contributed by atoms with Crippen molar-refractivity contribution in [2.45, 2.75) is 37.5 Å². The van der Waals surface area contributed by atoms with Crippen LogP contribution in [0.2, 0.25) is 4.34 Å². The Morgan fingerprint density at radius 1 is 1.46 bits per heavy atom. The first-order valence-electron chi connectivity index (χ1n) is 11.3. The van der Waals surface area contributed by atoms with Gasteiger partial charge in [-0.05, 0) is 6.92 Å². The monoisotopic (exact) mass is 599 g/mol. The largest absolute Gasteiger partial charge is 0.478 e. The van der Waals surface area contributed by atoms with E-state index in [-0.39, 0.29) is 40.6 Å². The van der Waals surface area contributed by atoms with Gasteiger partial charge in [-0.25, -0.2) is 9.78 Å². The van der Waals surface area contributed by atoms with E-state index in [0.717, 1.165) is 11.3 Å². The third-order valence-electron chi connectivity index (χ3n) is 5.87. The molecule has 0 aromatic carbocycles. The van der Waals surface area contributed by atoms with E-state index >= 15 is 0 Å². The van der Waals surface area contributed by atoms with Crippen molar-refractivity contribution in [1.82, 2.24) is 19.9 Å². The number of β-lactam (4-membered cyclic amide) rings is 1. The van der Waals surface area contributed by atoms with Crippen molar-refractivity contribution >= 4 is 75.4 Å². The lowest BCUT2D eigenvalue weighted by Crippen LogP contribution is -2.70. The summed E-state index contributed by atoms with van der Waals surface area (Å²) >= 11 is 8.34. The Bertz CT molecular complexity index is 1390. The molecule has 0 bridgehead atoms. The summed E-state index contributed by atoms with van der Waals surface area (Å²) in [7, 11) is 0. The van der Waals surface area contributed by atoms with Gasteiger partial charge >= 0.3 is 5.97 Å². The number of halogens is 1. The number of amides is 2. The van der Waals surface area contributed by atoms with E-state index in [9.17, 15) is 24.3 Å². The summed E-state index contributed by atoms with van der Waals surface area (Å²) in [6.07, 6.45) is 0.915. The number of allylic oxidation sites excluding steroid dienone is 1. The van der Waals surface area contributed by atoms with Crippen LogP contribution in [0.1, 0.15) is 12.6 Å². The molecule has 2 aliphatic rings. The minimum absolute atomic E-state index is 0.0153. The lowest BCUT2D eigenvalue weighted by molar-refractivity contribution is -0.767. The topological polar surface area (TPSA) is 219 Å². The number of oxime groups is 1. The van der Waals surface area contributed by atoms with Crippen molar-refractivity contribution in [3.05, 3.63) is 33.6 Å². The predicted molar refractivity (Wildman–Crippen MR) is 140 cm³/mol. The molecule has 208 valence electrons. The van der Waals surface area contributed by atoms with Gasteiger partial charge in [0.15, 0.2) is 35.7 Å². The summed E-state index contributed by atoms with van der Waals surface area (Å²) in [5.41, 5.74) is 11.9. The fraction of sp³-hybridized carbons (Fsp3) is 0.381. The van der Waals surface area contributed by atoms with E-state index in [4.69, 9.17) is 33.0 Å². The molecule has 15 nitrogen and oxygen atoms in total. The van der Waals surface area contributed by atoms with Gasteiger partial charge in [0.1, 0.15) is 28.0 Å². The van der Waals surface area contributed by atoms with Crippen LogP contribution < -0.4 is 21.5 Å². The van der Waals surface area contributed by atoms with Gasteiger partial charge in [0, 0.05) is 11.3 Å². The fourth-order valence-electron chi connectivity index (χ4n) is 3.93. The van der Waals surface area contributed by atoms with Gasteiger partial charge in [-0.2, -0.15) is 0 Å². The number of aliphatic hydroxyl groups is 1. The number of carboxylic acid groups (broad SMARTS) is 1. The number of aliphatic carboxylic acids is 1. The van der Waals surface area contributed by atoms with Gasteiger partial charge in [0.05, 0.1) is 18.4 Å². The predicted octanol–water partition coefficient (Wildman–Crippen LogP) is -1.21. The van der Waals surface area contributed by atoms with Crippen molar-refractivity contribution in [2.24, 2.45) is 5.16 Å².